The second-order valence-corrected chi connectivity index (χ2v) is 7.86. The zero-order valence-electron chi connectivity index (χ0n) is 18.1. The number of likely N-dealkylation sites (N-methyl/N-ethyl adjacent to an activating group) is 1. The maximum Gasteiger partial charge on any atom is 0.267 e. The molecule has 0 radical (unpaired) electrons. The minimum Gasteiger partial charge on any atom is -0.353 e. The monoisotopic (exact) mass is 428 g/mol. The van der Waals surface area contributed by atoms with Gasteiger partial charge in [0.2, 0.25) is 0 Å². The fraction of sp³-hybridized carbons (Fsp3) is 0.250. The predicted molar refractivity (Wildman–Crippen MR) is 125 cm³/mol. The van der Waals surface area contributed by atoms with Crippen molar-refractivity contribution in [2.75, 3.05) is 43.4 Å². The lowest BCUT2D eigenvalue weighted by Gasteiger charge is -2.34. The van der Waals surface area contributed by atoms with Gasteiger partial charge in [-0.1, -0.05) is 23.8 Å². The molecule has 1 amide bonds. The number of aryl methyl sites for hydroxylation is 1. The molecule has 0 unspecified atom stereocenters. The summed E-state index contributed by atoms with van der Waals surface area (Å²) in [6, 6.07) is 14.6. The first kappa shape index (κ1) is 21.3. The van der Waals surface area contributed by atoms with Crippen molar-refractivity contribution in [2.24, 2.45) is 0 Å². The second kappa shape index (κ2) is 9.04. The van der Waals surface area contributed by atoms with Gasteiger partial charge < -0.3 is 15.1 Å². The van der Waals surface area contributed by atoms with Crippen molar-refractivity contribution in [2.45, 2.75) is 6.92 Å². The standard InChI is InChI=1S/C24H24N6O2/c1-17-6-8-19(9-7-17)26-23(31)18(16-25)15-20-22(29-13-11-28(2)12-14-29)27-21-5-3-4-10-30(21)24(20)32/h3-10,15H,11-14H2,1-2H3,(H,26,31)/b18-15+. The summed E-state index contributed by atoms with van der Waals surface area (Å²) >= 11 is 0. The van der Waals surface area contributed by atoms with Crippen LogP contribution in [0.1, 0.15) is 11.1 Å². The lowest BCUT2D eigenvalue weighted by molar-refractivity contribution is -0.112. The third kappa shape index (κ3) is 4.38. The molecule has 0 saturated carbocycles. The first-order valence-electron chi connectivity index (χ1n) is 10.4. The van der Waals surface area contributed by atoms with E-state index in [1.165, 1.54) is 10.5 Å². The van der Waals surface area contributed by atoms with E-state index in [1.807, 2.05) is 43.1 Å². The van der Waals surface area contributed by atoms with Crippen LogP contribution in [0.15, 0.2) is 59.0 Å². The topological polar surface area (TPSA) is 93.7 Å². The summed E-state index contributed by atoms with van der Waals surface area (Å²) in [5.74, 6) is -0.0802. The highest BCUT2D eigenvalue weighted by atomic mass is 16.1. The van der Waals surface area contributed by atoms with Crippen LogP contribution >= 0.6 is 0 Å². The fourth-order valence-electron chi connectivity index (χ4n) is 3.60. The van der Waals surface area contributed by atoms with Crippen molar-refractivity contribution < 1.29 is 4.79 Å². The summed E-state index contributed by atoms with van der Waals surface area (Å²) in [6.45, 7) is 5.01. The van der Waals surface area contributed by atoms with Crippen LogP contribution in [0, 0.1) is 18.3 Å². The number of amides is 1. The molecule has 0 spiro atoms. The van der Waals surface area contributed by atoms with Gasteiger partial charge in [-0.25, -0.2) is 4.98 Å². The van der Waals surface area contributed by atoms with E-state index in [9.17, 15) is 14.9 Å². The molecule has 8 heteroatoms. The van der Waals surface area contributed by atoms with Gasteiger partial charge in [0, 0.05) is 38.1 Å². The molecule has 0 aliphatic carbocycles. The average Bonchev–Trinajstić information content (AvgIpc) is 2.80. The molecule has 162 valence electrons. The highest BCUT2D eigenvalue weighted by Crippen LogP contribution is 2.21. The number of piperazine rings is 1. The van der Waals surface area contributed by atoms with Crippen LogP contribution in [-0.2, 0) is 4.79 Å². The number of fused-ring (bicyclic) bond motifs is 1. The summed E-state index contributed by atoms with van der Waals surface area (Å²) in [5.41, 5.74) is 1.91. The molecule has 0 atom stereocenters. The molecular formula is C24H24N6O2. The van der Waals surface area contributed by atoms with Gasteiger partial charge in [-0.3, -0.25) is 14.0 Å². The third-order valence-electron chi connectivity index (χ3n) is 5.51. The normalized spacial score (nSPS) is 14.9. The summed E-state index contributed by atoms with van der Waals surface area (Å²) < 4.78 is 1.43. The van der Waals surface area contributed by atoms with E-state index >= 15 is 0 Å². The lowest BCUT2D eigenvalue weighted by Crippen LogP contribution is -2.45. The minimum atomic E-state index is -0.571. The molecule has 1 saturated heterocycles. The van der Waals surface area contributed by atoms with Crippen LogP contribution in [0.25, 0.3) is 11.7 Å². The van der Waals surface area contributed by atoms with Gasteiger partial charge in [-0.2, -0.15) is 5.26 Å². The molecule has 3 aromatic rings. The van der Waals surface area contributed by atoms with Crippen LogP contribution in [-0.4, -0.2) is 53.4 Å². The third-order valence-corrected chi connectivity index (χ3v) is 5.51. The molecule has 1 fully saturated rings. The van der Waals surface area contributed by atoms with E-state index in [0.29, 0.717) is 30.2 Å². The van der Waals surface area contributed by atoms with Crippen LogP contribution in [0.3, 0.4) is 0 Å². The molecule has 1 aliphatic heterocycles. The Kier molecular flexibility index (Phi) is 6.01. The molecule has 2 aromatic heterocycles. The number of nitrogens with zero attached hydrogens (tertiary/aromatic N) is 5. The molecule has 1 aromatic carbocycles. The molecule has 4 rings (SSSR count). The molecule has 1 aliphatic rings. The van der Waals surface area contributed by atoms with Crippen LogP contribution in [0.5, 0.6) is 0 Å². The first-order valence-corrected chi connectivity index (χ1v) is 10.4. The van der Waals surface area contributed by atoms with Gasteiger partial charge in [0.15, 0.2) is 0 Å². The van der Waals surface area contributed by atoms with Gasteiger partial charge in [0.25, 0.3) is 11.5 Å². The Bertz CT molecular complexity index is 1280. The van der Waals surface area contributed by atoms with Crippen molar-refractivity contribution in [3.63, 3.8) is 0 Å². The Hall–Kier alpha value is -3.96. The van der Waals surface area contributed by atoms with Crippen LogP contribution < -0.4 is 15.8 Å². The molecule has 3 heterocycles. The van der Waals surface area contributed by atoms with E-state index < -0.39 is 5.91 Å². The average molecular weight is 428 g/mol. The van der Waals surface area contributed by atoms with E-state index in [2.05, 4.69) is 10.2 Å². The molecule has 8 nitrogen and oxygen atoms in total. The van der Waals surface area contributed by atoms with Crippen LogP contribution in [0.4, 0.5) is 11.5 Å². The van der Waals surface area contributed by atoms with Crippen molar-refractivity contribution in [3.8, 4) is 6.07 Å². The number of hydrogen-bond acceptors (Lipinski definition) is 6. The van der Waals surface area contributed by atoms with Crippen molar-refractivity contribution in [1.82, 2.24) is 14.3 Å². The Balaban J connectivity index is 1.77. The molecule has 1 N–H and O–H groups in total. The van der Waals surface area contributed by atoms with E-state index in [-0.39, 0.29) is 16.7 Å². The Labute approximate surface area is 186 Å². The Morgan fingerprint density at radius 3 is 2.53 bits per heavy atom. The maximum atomic E-state index is 13.3. The lowest BCUT2D eigenvalue weighted by atomic mass is 10.1. The Morgan fingerprint density at radius 2 is 1.84 bits per heavy atom. The van der Waals surface area contributed by atoms with E-state index in [1.54, 1.807) is 30.5 Å². The molecular weight excluding hydrogens is 404 g/mol. The number of rotatable bonds is 4. The number of aromatic nitrogens is 2. The minimum absolute atomic E-state index is 0.157. The largest absolute Gasteiger partial charge is 0.353 e. The fourth-order valence-corrected chi connectivity index (χ4v) is 3.60. The van der Waals surface area contributed by atoms with Crippen molar-refractivity contribution >= 4 is 29.1 Å². The second-order valence-electron chi connectivity index (χ2n) is 7.86. The summed E-state index contributed by atoms with van der Waals surface area (Å²) in [7, 11) is 2.05. The van der Waals surface area contributed by atoms with E-state index in [4.69, 9.17) is 4.98 Å². The summed E-state index contributed by atoms with van der Waals surface area (Å²) in [4.78, 5) is 35.1. The molecule has 0 bridgehead atoms. The maximum absolute atomic E-state index is 13.3. The molecule has 32 heavy (non-hydrogen) atoms. The number of nitriles is 1. The zero-order chi connectivity index (χ0) is 22.7. The van der Waals surface area contributed by atoms with Crippen LogP contribution in [0.2, 0.25) is 0 Å². The Morgan fingerprint density at radius 1 is 1.12 bits per heavy atom. The number of carbonyl (C=O) groups excluding carboxylic acids is 1. The SMILES string of the molecule is Cc1ccc(NC(=O)/C(C#N)=C/c2c(N3CCN(C)CC3)nc3ccccn3c2=O)cc1. The summed E-state index contributed by atoms with van der Waals surface area (Å²) in [6.07, 6.45) is 2.99. The van der Waals surface area contributed by atoms with Gasteiger partial charge in [-0.15, -0.1) is 0 Å². The number of nitrogens with one attached hydrogen (secondary N) is 1. The zero-order valence-corrected chi connectivity index (χ0v) is 18.1. The smallest absolute Gasteiger partial charge is 0.267 e. The number of carbonyl (C=O) groups is 1. The predicted octanol–water partition coefficient (Wildman–Crippen LogP) is 2.30. The number of anilines is 2. The van der Waals surface area contributed by atoms with Crippen molar-refractivity contribution in [3.05, 3.63) is 75.7 Å². The first-order chi connectivity index (χ1) is 15.5. The highest BCUT2D eigenvalue weighted by Gasteiger charge is 2.22. The van der Waals surface area contributed by atoms with Gasteiger partial charge in [0.1, 0.15) is 23.1 Å². The van der Waals surface area contributed by atoms with Gasteiger partial charge >= 0.3 is 0 Å². The van der Waals surface area contributed by atoms with Gasteiger partial charge in [0.05, 0.1) is 5.56 Å². The summed E-state index contributed by atoms with van der Waals surface area (Å²) in [5, 5.41) is 12.4. The van der Waals surface area contributed by atoms with E-state index in [0.717, 1.165) is 18.7 Å². The highest BCUT2D eigenvalue weighted by molar-refractivity contribution is 6.10. The number of benzene rings is 1. The van der Waals surface area contributed by atoms with Crippen molar-refractivity contribution in [1.29, 1.82) is 5.26 Å². The van der Waals surface area contributed by atoms with Gasteiger partial charge in [-0.05, 0) is 44.3 Å². The number of hydrogen-bond donors (Lipinski definition) is 1. The quantitative estimate of drug-likeness (QED) is 0.506. The number of pyridine rings is 1.